The van der Waals surface area contributed by atoms with Crippen LogP contribution in [0, 0.1) is 0 Å². The molecule has 0 spiro atoms. The maximum atomic E-state index is 10.2. The van der Waals surface area contributed by atoms with E-state index in [4.69, 9.17) is 15.3 Å². The Balaban J connectivity index is -0.000000327. The van der Waals surface area contributed by atoms with Crippen molar-refractivity contribution in [2.24, 2.45) is 0 Å². The van der Waals surface area contributed by atoms with Gasteiger partial charge in [-0.25, -0.2) is 0 Å². The monoisotopic (exact) mass is 290 g/mol. The van der Waals surface area contributed by atoms with Crippen LogP contribution in [-0.2, 0) is 14.4 Å². The van der Waals surface area contributed by atoms with Crippen LogP contribution < -0.4 is 104 Å². The van der Waals surface area contributed by atoms with Gasteiger partial charge in [-0.15, -0.1) is 0 Å². The van der Waals surface area contributed by atoms with Gasteiger partial charge in [-0.2, -0.15) is 0 Å². The number of aliphatic carboxylic acids is 3. The van der Waals surface area contributed by atoms with Gasteiger partial charge < -0.3 is 45.0 Å². The summed E-state index contributed by atoms with van der Waals surface area (Å²) in [5.74, 6) is -7.82. The maximum absolute atomic E-state index is 10.2. The van der Waals surface area contributed by atoms with Crippen molar-refractivity contribution in [1.82, 2.24) is 0 Å². The molecule has 0 saturated heterocycles. The fourth-order valence-electron chi connectivity index (χ4n) is 0.682. The van der Waals surface area contributed by atoms with E-state index >= 15 is 0 Å². The molecule has 0 heterocycles. The average molecular weight is 290 g/mol. The van der Waals surface area contributed by atoms with E-state index < -0.39 is 35.7 Å². The Morgan fingerprint density at radius 1 is 0.889 bits per heavy atom. The molecule has 0 aromatic carbocycles. The number of hydrogen-bond acceptors (Lipinski definition) is 9. The van der Waals surface area contributed by atoms with Crippen LogP contribution in [0.4, 0.5) is 0 Å². The molecule has 0 saturated carbocycles. The second-order valence-corrected chi connectivity index (χ2v) is 2.55. The van der Waals surface area contributed by atoms with Crippen LogP contribution in [0.5, 0.6) is 0 Å². The van der Waals surface area contributed by atoms with Gasteiger partial charge in [-0.1, -0.05) is 0 Å². The van der Waals surface area contributed by atoms with Gasteiger partial charge in [-0.05, 0) is 0 Å². The zero-order valence-electron chi connectivity index (χ0n) is 9.95. The van der Waals surface area contributed by atoms with Crippen LogP contribution in [0.25, 0.3) is 0 Å². The Labute approximate surface area is 167 Å². The molecule has 0 aromatic heterocycles. The first-order valence-corrected chi connectivity index (χ1v) is 3.38. The van der Waals surface area contributed by atoms with Gasteiger partial charge in [0.2, 0.25) is 0 Å². The van der Waals surface area contributed by atoms with Gasteiger partial charge in [0.15, 0.2) is 5.60 Å². The standard InChI is InChI=1S/C6H8O9.3Na/c7-1(3(9)10)2(8)6(15,4(11)12)5(13)14;;;/h1-2,7-8,15H,(H,9,10)(H,11,12)(H,13,14);;;/q;3*+1/p-3/t1-,2-;;;/m1.../s1. The summed E-state index contributed by atoms with van der Waals surface area (Å²) in [6.45, 7) is 0. The number of carbonyl (C=O) groups is 3. The molecule has 0 bridgehead atoms. The van der Waals surface area contributed by atoms with Crippen molar-refractivity contribution in [3.8, 4) is 0 Å². The van der Waals surface area contributed by atoms with Crippen molar-refractivity contribution < 1.29 is 134 Å². The van der Waals surface area contributed by atoms with E-state index in [-0.39, 0.29) is 88.7 Å². The van der Waals surface area contributed by atoms with Crippen LogP contribution in [0.2, 0.25) is 0 Å². The summed E-state index contributed by atoms with van der Waals surface area (Å²) in [4.78, 5) is 30.3. The van der Waals surface area contributed by atoms with E-state index in [1.165, 1.54) is 0 Å². The van der Waals surface area contributed by atoms with Gasteiger partial charge in [-0.3, -0.25) is 0 Å². The SMILES string of the molecule is O=C([O-])[C@H](O)[C@@H](O)C(O)(C(=O)[O-])C(=O)[O-].[Na+].[Na+].[Na+]. The Morgan fingerprint density at radius 2 is 1.17 bits per heavy atom. The fourth-order valence-corrected chi connectivity index (χ4v) is 0.682. The Kier molecular flexibility index (Phi) is 16.9. The Morgan fingerprint density at radius 3 is 1.33 bits per heavy atom. The van der Waals surface area contributed by atoms with E-state index in [2.05, 4.69) is 0 Å². The summed E-state index contributed by atoms with van der Waals surface area (Å²) in [7, 11) is 0. The van der Waals surface area contributed by atoms with E-state index in [1.807, 2.05) is 0 Å². The Bertz CT molecular complexity index is 293. The van der Waals surface area contributed by atoms with Crippen molar-refractivity contribution in [3.63, 3.8) is 0 Å². The van der Waals surface area contributed by atoms with E-state index in [0.717, 1.165) is 0 Å². The number of carbonyl (C=O) groups excluding carboxylic acids is 3. The smallest absolute Gasteiger partial charge is 0.547 e. The normalized spacial score (nSPS) is 12.8. The average Bonchev–Trinajstić information content (AvgIpc) is 2.13. The number of aliphatic hydroxyl groups excluding tert-OH is 2. The van der Waals surface area contributed by atoms with E-state index in [0.29, 0.717) is 0 Å². The summed E-state index contributed by atoms with van der Waals surface area (Å²) in [5, 5.41) is 56.5. The van der Waals surface area contributed by atoms with Gasteiger partial charge in [0.05, 0.1) is 17.9 Å². The third-order valence-electron chi connectivity index (χ3n) is 1.59. The van der Waals surface area contributed by atoms with E-state index in [9.17, 15) is 29.7 Å². The van der Waals surface area contributed by atoms with Gasteiger partial charge in [0.1, 0.15) is 12.2 Å². The van der Waals surface area contributed by atoms with Crippen LogP contribution in [-0.4, -0.2) is 51.0 Å². The molecule has 0 radical (unpaired) electrons. The largest absolute Gasteiger partial charge is 1.00 e. The van der Waals surface area contributed by atoms with Crippen molar-refractivity contribution >= 4 is 17.9 Å². The molecular weight excluding hydrogens is 285 g/mol. The van der Waals surface area contributed by atoms with Crippen LogP contribution >= 0.6 is 0 Å². The minimum absolute atomic E-state index is 0. The van der Waals surface area contributed by atoms with Gasteiger partial charge in [0.25, 0.3) is 0 Å². The van der Waals surface area contributed by atoms with Crippen molar-refractivity contribution in [2.45, 2.75) is 17.8 Å². The molecule has 86 valence electrons. The number of carboxylic acids is 3. The van der Waals surface area contributed by atoms with Crippen molar-refractivity contribution in [3.05, 3.63) is 0 Å². The molecule has 0 aliphatic carbocycles. The third-order valence-corrected chi connectivity index (χ3v) is 1.59. The Hall–Kier alpha value is 1.29. The molecule has 0 amide bonds. The minimum Gasteiger partial charge on any atom is -0.547 e. The molecule has 9 nitrogen and oxygen atoms in total. The number of aliphatic hydroxyl groups is 3. The topological polar surface area (TPSA) is 181 Å². The first-order chi connectivity index (χ1) is 6.65. The van der Waals surface area contributed by atoms with Crippen molar-refractivity contribution in [2.75, 3.05) is 0 Å². The first-order valence-electron chi connectivity index (χ1n) is 3.38. The van der Waals surface area contributed by atoms with Crippen molar-refractivity contribution in [1.29, 1.82) is 0 Å². The molecule has 3 N–H and O–H groups in total. The summed E-state index contributed by atoms with van der Waals surface area (Å²) in [6, 6.07) is 0. The molecule has 0 rings (SSSR count). The third kappa shape index (κ3) is 6.16. The molecule has 0 aliphatic rings. The number of carboxylic acid groups (broad SMARTS) is 3. The van der Waals surface area contributed by atoms with Gasteiger partial charge in [0, 0.05) is 0 Å². The molecule has 0 aromatic rings. The molecule has 0 fully saturated rings. The van der Waals surface area contributed by atoms with Gasteiger partial charge >= 0.3 is 88.7 Å². The summed E-state index contributed by atoms with van der Waals surface area (Å²) in [5.41, 5.74) is -4.04. The molecule has 2 atom stereocenters. The number of hydrogen-bond donors (Lipinski definition) is 3. The molecule has 0 unspecified atom stereocenters. The minimum atomic E-state index is -4.04. The zero-order chi connectivity index (χ0) is 12.4. The predicted molar refractivity (Wildman–Crippen MR) is 32.0 cm³/mol. The summed E-state index contributed by atoms with van der Waals surface area (Å²) < 4.78 is 0. The van der Waals surface area contributed by atoms with Crippen LogP contribution in [0.15, 0.2) is 0 Å². The quantitative estimate of drug-likeness (QED) is 0.327. The van der Waals surface area contributed by atoms with E-state index in [1.54, 1.807) is 0 Å². The maximum Gasteiger partial charge on any atom is 1.00 e. The molecular formula is C6H5Na3O9. The predicted octanol–water partition coefficient (Wildman–Crippen LogP) is -16.3. The summed E-state index contributed by atoms with van der Waals surface area (Å²) in [6.07, 6.45) is -6.01. The number of rotatable bonds is 5. The fraction of sp³-hybridized carbons (Fsp3) is 0.500. The molecule has 0 aliphatic heterocycles. The second-order valence-electron chi connectivity index (χ2n) is 2.55. The zero-order valence-corrected chi connectivity index (χ0v) is 15.9. The van der Waals surface area contributed by atoms with Crippen LogP contribution in [0.3, 0.4) is 0 Å². The first kappa shape index (κ1) is 27.6. The molecule has 18 heavy (non-hydrogen) atoms. The second kappa shape index (κ2) is 11.0. The summed E-state index contributed by atoms with van der Waals surface area (Å²) >= 11 is 0. The molecule has 12 heteroatoms. The van der Waals surface area contributed by atoms with Crippen LogP contribution in [0.1, 0.15) is 0 Å².